The average molecular weight is 320 g/mol. The van der Waals surface area contributed by atoms with Gasteiger partial charge in [0.2, 0.25) is 0 Å². The predicted octanol–water partition coefficient (Wildman–Crippen LogP) is 3.74. The van der Waals surface area contributed by atoms with Gasteiger partial charge in [-0.3, -0.25) is 0 Å². The van der Waals surface area contributed by atoms with E-state index in [0.717, 1.165) is 0 Å². The summed E-state index contributed by atoms with van der Waals surface area (Å²) in [5.74, 6) is -0.357. The SMILES string of the molecule is N#Cc1cccc(C(O)Cc2ccc(Br)cc2F)c1. The first kappa shape index (κ1) is 13.7. The van der Waals surface area contributed by atoms with Crippen molar-refractivity contribution in [1.29, 1.82) is 5.26 Å². The summed E-state index contributed by atoms with van der Waals surface area (Å²) in [5, 5.41) is 18.9. The zero-order valence-corrected chi connectivity index (χ0v) is 11.6. The van der Waals surface area contributed by atoms with Gasteiger partial charge >= 0.3 is 0 Å². The zero-order valence-electron chi connectivity index (χ0n) is 9.98. The lowest BCUT2D eigenvalue weighted by Gasteiger charge is -2.12. The maximum absolute atomic E-state index is 13.7. The number of nitriles is 1. The van der Waals surface area contributed by atoms with E-state index in [0.29, 0.717) is 21.2 Å². The highest BCUT2D eigenvalue weighted by molar-refractivity contribution is 9.10. The molecule has 0 bridgehead atoms. The van der Waals surface area contributed by atoms with E-state index in [1.165, 1.54) is 6.07 Å². The van der Waals surface area contributed by atoms with Crippen molar-refractivity contribution in [2.75, 3.05) is 0 Å². The fourth-order valence-corrected chi connectivity index (χ4v) is 2.16. The topological polar surface area (TPSA) is 44.0 Å². The molecular weight excluding hydrogens is 309 g/mol. The van der Waals surface area contributed by atoms with Crippen molar-refractivity contribution in [3.05, 3.63) is 69.4 Å². The molecule has 0 saturated heterocycles. The second kappa shape index (κ2) is 5.96. The van der Waals surface area contributed by atoms with Crippen LogP contribution in [0.3, 0.4) is 0 Å². The number of hydrogen-bond acceptors (Lipinski definition) is 2. The molecule has 0 aliphatic heterocycles. The Kier molecular flexibility index (Phi) is 4.31. The van der Waals surface area contributed by atoms with Crippen LogP contribution in [-0.4, -0.2) is 5.11 Å². The molecule has 0 amide bonds. The minimum atomic E-state index is -0.830. The van der Waals surface area contributed by atoms with Crippen molar-refractivity contribution in [2.24, 2.45) is 0 Å². The summed E-state index contributed by atoms with van der Waals surface area (Å²) in [6, 6.07) is 13.5. The Balaban J connectivity index is 2.20. The van der Waals surface area contributed by atoms with E-state index in [1.54, 1.807) is 36.4 Å². The van der Waals surface area contributed by atoms with E-state index in [2.05, 4.69) is 15.9 Å². The summed E-state index contributed by atoms with van der Waals surface area (Å²) in [6.07, 6.45) is -0.655. The van der Waals surface area contributed by atoms with Crippen LogP contribution in [0.1, 0.15) is 22.8 Å². The van der Waals surface area contributed by atoms with E-state index in [1.807, 2.05) is 6.07 Å². The fraction of sp³-hybridized carbons (Fsp3) is 0.133. The minimum absolute atomic E-state index is 0.175. The molecule has 0 radical (unpaired) electrons. The Labute approximate surface area is 119 Å². The Hall–Kier alpha value is -1.70. The highest BCUT2D eigenvalue weighted by atomic mass is 79.9. The molecule has 0 fully saturated rings. The second-order valence-corrected chi connectivity index (χ2v) is 5.11. The Morgan fingerprint density at radius 1 is 1.26 bits per heavy atom. The van der Waals surface area contributed by atoms with Crippen molar-refractivity contribution in [3.63, 3.8) is 0 Å². The van der Waals surface area contributed by atoms with Gasteiger partial charge in [-0.1, -0.05) is 34.1 Å². The Morgan fingerprint density at radius 3 is 2.74 bits per heavy atom. The number of aliphatic hydroxyl groups is 1. The van der Waals surface area contributed by atoms with Crippen molar-refractivity contribution in [2.45, 2.75) is 12.5 Å². The highest BCUT2D eigenvalue weighted by Crippen LogP contribution is 2.22. The molecule has 1 N–H and O–H groups in total. The highest BCUT2D eigenvalue weighted by Gasteiger charge is 2.12. The van der Waals surface area contributed by atoms with Gasteiger partial charge in [0.05, 0.1) is 17.7 Å². The number of benzene rings is 2. The molecule has 0 spiro atoms. The molecule has 2 rings (SSSR count). The molecule has 0 heterocycles. The van der Waals surface area contributed by atoms with Gasteiger partial charge in [-0.15, -0.1) is 0 Å². The summed E-state index contributed by atoms with van der Waals surface area (Å²) in [5.41, 5.74) is 1.53. The maximum Gasteiger partial charge on any atom is 0.127 e. The van der Waals surface area contributed by atoms with Crippen LogP contribution in [0.5, 0.6) is 0 Å². The fourth-order valence-electron chi connectivity index (χ4n) is 1.83. The molecule has 2 aromatic carbocycles. The molecule has 0 aliphatic rings. The summed E-state index contributed by atoms with van der Waals surface area (Å²) in [7, 11) is 0. The molecule has 0 aromatic heterocycles. The lowest BCUT2D eigenvalue weighted by Crippen LogP contribution is -2.03. The van der Waals surface area contributed by atoms with E-state index < -0.39 is 6.10 Å². The van der Waals surface area contributed by atoms with Crippen molar-refractivity contribution in [3.8, 4) is 6.07 Å². The molecular formula is C15H11BrFNO. The lowest BCUT2D eigenvalue weighted by molar-refractivity contribution is 0.177. The van der Waals surface area contributed by atoms with Crippen LogP contribution in [0.2, 0.25) is 0 Å². The third-order valence-electron chi connectivity index (χ3n) is 2.83. The molecule has 96 valence electrons. The van der Waals surface area contributed by atoms with Gasteiger partial charge < -0.3 is 5.11 Å². The van der Waals surface area contributed by atoms with Gasteiger partial charge in [0.1, 0.15) is 5.82 Å². The van der Waals surface area contributed by atoms with Crippen LogP contribution in [0.25, 0.3) is 0 Å². The second-order valence-electron chi connectivity index (χ2n) is 4.19. The summed E-state index contributed by atoms with van der Waals surface area (Å²) in [6.45, 7) is 0. The van der Waals surface area contributed by atoms with Crippen LogP contribution in [0, 0.1) is 17.1 Å². The van der Waals surface area contributed by atoms with Crippen molar-refractivity contribution in [1.82, 2.24) is 0 Å². The standard InChI is InChI=1S/C15H11BrFNO/c16-13-5-4-11(14(17)8-13)7-15(19)12-3-1-2-10(6-12)9-18/h1-6,8,15,19H,7H2. The third kappa shape index (κ3) is 3.40. The van der Waals surface area contributed by atoms with E-state index in [4.69, 9.17) is 5.26 Å². The van der Waals surface area contributed by atoms with Crippen molar-refractivity contribution < 1.29 is 9.50 Å². The number of halogens is 2. The molecule has 2 aromatic rings. The quantitative estimate of drug-likeness (QED) is 0.936. The summed E-state index contributed by atoms with van der Waals surface area (Å²) >= 11 is 3.19. The number of nitrogens with zero attached hydrogens (tertiary/aromatic N) is 1. The third-order valence-corrected chi connectivity index (χ3v) is 3.32. The zero-order chi connectivity index (χ0) is 13.8. The van der Waals surface area contributed by atoms with Gasteiger partial charge in [0.15, 0.2) is 0 Å². The van der Waals surface area contributed by atoms with Crippen LogP contribution >= 0.6 is 15.9 Å². The average Bonchev–Trinajstić information content (AvgIpc) is 2.42. The summed E-state index contributed by atoms with van der Waals surface area (Å²) in [4.78, 5) is 0. The van der Waals surface area contributed by atoms with Crippen LogP contribution in [0.4, 0.5) is 4.39 Å². The Bertz CT molecular complexity index is 636. The molecule has 19 heavy (non-hydrogen) atoms. The number of hydrogen-bond donors (Lipinski definition) is 1. The monoisotopic (exact) mass is 319 g/mol. The molecule has 1 unspecified atom stereocenters. The van der Waals surface area contributed by atoms with Gasteiger partial charge in [-0.25, -0.2) is 4.39 Å². The van der Waals surface area contributed by atoms with Crippen LogP contribution in [0.15, 0.2) is 46.9 Å². The number of rotatable bonds is 3. The van der Waals surface area contributed by atoms with Gasteiger partial charge in [0.25, 0.3) is 0 Å². The summed E-state index contributed by atoms with van der Waals surface area (Å²) < 4.78 is 14.3. The molecule has 2 nitrogen and oxygen atoms in total. The van der Waals surface area contributed by atoms with E-state index in [9.17, 15) is 9.50 Å². The first-order chi connectivity index (χ1) is 9.10. The largest absolute Gasteiger partial charge is 0.388 e. The molecule has 1 atom stereocenters. The maximum atomic E-state index is 13.7. The normalized spacial score (nSPS) is 11.9. The molecule has 0 saturated carbocycles. The lowest BCUT2D eigenvalue weighted by atomic mass is 10.00. The van der Waals surface area contributed by atoms with E-state index >= 15 is 0 Å². The smallest absolute Gasteiger partial charge is 0.127 e. The predicted molar refractivity (Wildman–Crippen MR) is 73.9 cm³/mol. The van der Waals surface area contributed by atoms with Crippen LogP contribution < -0.4 is 0 Å². The number of aliphatic hydroxyl groups excluding tert-OH is 1. The van der Waals surface area contributed by atoms with Crippen LogP contribution in [-0.2, 0) is 6.42 Å². The first-order valence-corrected chi connectivity index (χ1v) is 6.51. The molecule has 0 aliphatic carbocycles. The minimum Gasteiger partial charge on any atom is -0.388 e. The van der Waals surface area contributed by atoms with Gasteiger partial charge in [-0.05, 0) is 35.4 Å². The first-order valence-electron chi connectivity index (χ1n) is 5.72. The van der Waals surface area contributed by atoms with E-state index in [-0.39, 0.29) is 12.2 Å². The Morgan fingerprint density at radius 2 is 2.05 bits per heavy atom. The van der Waals surface area contributed by atoms with Crippen molar-refractivity contribution >= 4 is 15.9 Å². The molecule has 4 heteroatoms. The van der Waals surface area contributed by atoms with Gasteiger partial charge in [-0.2, -0.15) is 5.26 Å². The van der Waals surface area contributed by atoms with Gasteiger partial charge in [0, 0.05) is 10.9 Å².